The Morgan fingerprint density at radius 1 is 0.342 bits per heavy atom. The van der Waals surface area contributed by atoms with Crippen molar-refractivity contribution in [3.8, 4) is 0 Å². The zero-order valence-corrected chi connectivity index (χ0v) is 22.5. The molecule has 0 unspecified atom stereocenters. The molecule has 0 N–H and O–H groups in total. The molecule has 0 aliphatic heterocycles. The van der Waals surface area contributed by atoms with Crippen LogP contribution in [0.3, 0.4) is 0 Å². The van der Waals surface area contributed by atoms with Crippen molar-refractivity contribution in [2.45, 2.75) is 39.5 Å². The summed E-state index contributed by atoms with van der Waals surface area (Å²) in [5.41, 5.74) is 14.6. The molecule has 0 amide bonds. The quantitative estimate of drug-likeness (QED) is 0.186. The van der Waals surface area contributed by atoms with Gasteiger partial charge in [-0.3, -0.25) is 0 Å². The third-order valence-corrected chi connectivity index (χ3v) is 9.15. The molecule has 0 spiro atoms. The van der Waals surface area contributed by atoms with E-state index in [0.29, 0.717) is 11.8 Å². The number of hydrogen-bond acceptors (Lipinski definition) is 0. The van der Waals surface area contributed by atoms with E-state index in [9.17, 15) is 0 Å². The molecule has 0 atom stereocenters. The first-order chi connectivity index (χ1) is 18.6. The lowest BCUT2D eigenvalue weighted by molar-refractivity contribution is 0.754. The predicted molar refractivity (Wildman–Crippen MR) is 162 cm³/mol. The number of benzene rings is 6. The van der Waals surface area contributed by atoms with Gasteiger partial charge in [0.05, 0.1) is 0 Å². The molecule has 6 aromatic carbocycles. The van der Waals surface area contributed by atoms with E-state index in [1.807, 2.05) is 0 Å². The topological polar surface area (TPSA) is 0 Å². The van der Waals surface area contributed by atoms with Crippen molar-refractivity contribution in [1.29, 1.82) is 0 Å². The van der Waals surface area contributed by atoms with Crippen molar-refractivity contribution in [1.82, 2.24) is 0 Å². The lowest BCUT2D eigenvalue weighted by atomic mass is 9.61. The van der Waals surface area contributed by atoms with Crippen LogP contribution in [0.1, 0.15) is 67.5 Å². The van der Waals surface area contributed by atoms with Gasteiger partial charge in [0, 0.05) is 11.8 Å². The van der Waals surface area contributed by atoms with Gasteiger partial charge in [-0.05, 0) is 105 Å². The highest BCUT2D eigenvalue weighted by Gasteiger charge is 2.40. The molecule has 184 valence electrons. The Bertz CT molecular complexity index is 1690. The largest absolute Gasteiger partial charge is 0.0619 e. The summed E-state index contributed by atoms with van der Waals surface area (Å²) in [6, 6.07) is 40.1. The minimum absolute atomic E-state index is 0.420. The summed E-state index contributed by atoms with van der Waals surface area (Å²) in [6.07, 6.45) is 0. The Balaban J connectivity index is 0.000000128. The fourth-order valence-electron chi connectivity index (χ4n) is 7.07. The summed E-state index contributed by atoms with van der Waals surface area (Å²) in [4.78, 5) is 0. The van der Waals surface area contributed by atoms with Gasteiger partial charge in [-0.1, -0.05) is 109 Å². The van der Waals surface area contributed by atoms with Crippen LogP contribution in [0.4, 0.5) is 0 Å². The summed E-state index contributed by atoms with van der Waals surface area (Å²) in [5.74, 6) is 0.840. The first kappa shape index (κ1) is 23.0. The van der Waals surface area contributed by atoms with Crippen LogP contribution in [0, 0.1) is 27.7 Å². The van der Waals surface area contributed by atoms with Crippen LogP contribution in [0.15, 0.2) is 109 Å². The number of fused-ring (bicyclic) bond motifs is 3. The molecule has 2 bridgehead atoms. The van der Waals surface area contributed by atoms with E-state index in [4.69, 9.17) is 0 Å². The second-order valence-corrected chi connectivity index (χ2v) is 11.0. The highest BCUT2D eigenvalue weighted by molar-refractivity contribution is 6.11. The molecule has 0 aromatic heterocycles. The summed E-state index contributed by atoms with van der Waals surface area (Å²) in [5, 5.41) is 5.58. The van der Waals surface area contributed by atoms with Crippen molar-refractivity contribution >= 4 is 21.5 Å². The highest BCUT2D eigenvalue weighted by atomic mass is 14.4. The van der Waals surface area contributed by atoms with Gasteiger partial charge in [0.15, 0.2) is 0 Å². The molecule has 0 nitrogen and oxygen atoms in total. The minimum atomic E-state index is 0.420. The van der Waals surface area contributed by atoms with E-state index in [1.165, 1.54) is 77.2 Å². The third kappa shape index (κ3) is 3.23. The van der Waals surface area contributed by atoms with Crippen LogP contribution in [0.5, 0.6) is 0 Å². The lowest BCUT2D eigenvalue weighted by Gasteiger charge is -2.42. The van der Waals surface area contributed by atoms with E-state index < -0.39 is 0 Å². The van der Waals surface area contributed by atoms with Crippen LogP contribution in [0.2, 0.25) is 0 Å². The average molecular weight is 489 g/mol. The van der Waals surface area contributed by atoms with Gasteiger partial charge in [0.1, 0.15) is 0 Å². The van der Waals surface area contributed by atoms with Crippen molar-refractivity contribution < 1.29 is 0 Å². The molecule has 0 saturated heterocycles. The normalized spacial score (nSPS) is 16.4. The third-order valence-electron chi connectivity index (χ3n) is 9.15. The van der Waals surface area contributed by atoms with Gasteiger partial charge in [-0.2, -0.15) is 0 Å². The molecular weight excluding hydrogens is 456 g/mol. The Kier molecular flexibility index (Phi) is 5.27. The molecule has 6 aromatic rings. The van der Waals surface area contributed by atoms with Gasteiger partial charge in [-0.15, -0.1) is 0 Å². The van der Waals surface area contributed by atoms with Crippen molar-refractivity contribution in [2.75, 3.05) is 0 Å². The van der Waals surface area contributed by atoms with Gasteiger partial charge in [-0.25, -0.2) is 0 Å². The Labute approximate surface area is 225 Å². The van der Waals surface area contributed by atoms with Gasteiger partial charge in [0.2, 0.25) is 0 Å². The number of hydrogen-bond donors (Lipinski definition) is 0. The van der Waals surface area contributed by atoms with Crippen LogP contribution < -0.4 is 0 Å². The Hall–Kier alpha value is -4.16. The van der Waals surface area contributed by atoms with E-state index in [1.54, 1.807) is 0 Å². The standard InChI is InChI=1S/C20H14.C18H18/c1-2-8-14-13(7-1)19-15-9-3-5-11-17(15)20(14)18-12-6-4-10-16(18)19;1-11-9-10-17-16-8-6-5-7-15(16)13(3)14(4)18(17)12(11)2/h1-12,19-20H;5-10H,1-4H3. The van der Waals surface area contributed by atoms with Gasteiger partial charge < -0.3 is 0 Å². The zero-order valence-electron chi connectivity index (χ0n) is 22.5. The summed E-state index contributed by atoms with van der Waals surface area (Å²) in [6.45, 7) is 8.91. The molecule has 3 aliphatic rings. The SMILES string of the molecule is Cc1ccc2c(c1C)c(C)c(C)c1ccccc12.c1ccc2c(c1)C1c3ccccc3C2c2ccccc21. The maximum absolute atomic E-state index is 2.30. The monoisotopic (exact) mass is 488 g/mol. The van der Waals surface area contributed by atoms with E-state index in [2.05, 4.69) is 137 Å². The Morgan fingerprint density at radius 3 is 1.18 bits per heavy atom. The molecule has 0 heterocycles. The second-order valence-electron chi connectivity index (χ2n) is 11.0. The Morgan fingerprint density at radius 2 is 0.737 bits per heavy atom. The molecule has 9 rings (SSSR count). The van der Waals surface area contributed by atoms with E-state index in [0.717, 1.165) is 0 Å². The lowest BCUT2D eigenvalue weighted by Crippen LogP contribution is -2.27. The highest BCUT2D eigenvalue weighted by Crippen LogP contribution is 2.55. The molecule has 0 saturated carbocycles. The number of aryl methyl sites for hydroxylation is 4. The van der Waals surface area contributed by atoms with Crippen LogP contribution in [0.25, 0.3) is 21.5 Å². The fourth-order valence-corrected chi connectivity index (χ4v) is 7.07. The van der Waals surface area contributed by atoms with Gasteiger partial charge in [0.25, 0.3) is 0 Å². The van der Waals surface area contributed by atoms with Crippen molar-refractivity contribution in [3.05, 3.63) is 165 Å². The fraction of sp³-hybridized carbons (Fsp3) is 0.158. The maximum Gasteiger partial charge on any atom is 0.0349 e. The summed E-state index contributed by atoms with van der Waals surface area (Å²) < 4.78 is 0. The smallest absolute Gasteiger partial charge is 0.0349 e. The van der Waals surface area contributed by atoms with Crippen LogP contribution >= 0.6 is 0 Å². The first-order valence-electron chi connectivity index (χ1n) is 13.7. The molecule has 0 radical (unpaired) electrons. The van der Waals surface area contributed by atoms with Crippen molar-refractivity contribution in [2.24, 2.45) is 0 Å². The molecule has 3 aliphatic carbocycles. The van der Waals surface area contributed by atoms with Crippen molar-refractivity contribution in [3.63, 3.8) is 0 Å². The minimum Gasteiger partial charge on any atom is -0.0619 e. The van der Waals surface area contributed by atoms with Crippen LogP contribution in [-0.2, 0) is 0 Å². The van der Waals surface area contributed by atoms with Crippen LogP contribution in [-0.4, -0.2) is 0 Å². The molecular formula is C38H32. The second kappa shape index (κ2) is 8.71. The van der Waals surface area contributed by atoms with E-state index in [-0.39, 0.29) is 0 Å². The van der Waals surface area contributed by atoms with E-state index >= 15 is 0 Å². The number of rotatable bonds is 0. The maximum atomic E-state index is 2.30. The predicted octanol–water partition coefficient (Wildman–Crippen LogP) is 9.90. The molecule has 0 heteroatoms. The average Bonchev–Trinajstić information content (AvgIpc) is 2.97. The van der Waals surface area contributed by atoms with Gasteiger partial charge >= 0.3 is 0 Å². The zero-order chi connectivity index (χ0) is 26.0. The first-order valence-corrected chi connectivity index (χ1v) is 13.7. The summed E-state index contributed by atoms with van der Waals surface area (Å²) in [7, 11) is 0. The molecule has 38 heavy (non-hydrogen) atoms. The summed E-state index contributed by atoms with van der Waals surface area (Å²) >= 11 is 0. The molecule has 0 fully saturated rings.